The fourth-order valence-corrected chi connectivity index (χ4v) is 4.93. The van der Waals surface area contributed by atoms with E-state index in [2.05, 4.69) is 4.90 Å². The second-order valence-corrected chi connectivity index (χ2v) is 8.73. The number of hydrogen-bond acceptors (Lipinski definition) is 8. The number of rotatable bonds is 8. The minimum absolute atomic E-state index is 0.0721. The maximum Gasteiger partial charge on any atom is 0.290 e. The van der Waals surface area contributed by atoms with Crippen molar-refractivity contribution < 1.29 is 28.2 Å². The lowest BCUT2D eigenvalue weighted by molar-refractivity contribution is 0.0314. The van der Waals surface area contributed by atoms with Crippen molar-refractivity contribution in [3.63, 3.8) is 0 Å². The van der Waals surface area contributed by atoms with Gasteiger partial charge in [0.1, 0.15) is 11.3 Å². The van der Waals surface area contributed by atoms with Crippen LogP contribution in [0.3, 0.4) is 0 Å². The second-order valence-electron chi connectivity index (χ2n) is 8.73. The highest BCUT2D eigenvalue weighted by Crippen LogP contribution is 2.41. The zero-order valence-corrected chi connectivity index (χ0v) is 20.7. The van der Waals surface area contributed by atoms with Crippen LogP contribution in [0.15, 0.2) is 45.6 Å². The van der Waals surface area contributed by atoms with E-state index < -0.39 is 6.04 Å². The molecule has 1 saturated heterocycles. The molecule has 1 unspecified atom stereocenters. The Hall–Kier alpha value is -3.56. The van der Waals surface area contributed by atoms with E-state index in [0.717, 1.165) is 18.7 Å². The first kappa shape index (κ1) is 24.1. The molecule has 36 heavy (non-hydrogen) atoms. The number of methoxy groups -OCH3 is 2. The molecule has 1 aromatic heterocycles. The molecule has 0 N–H and O–H groups in total. The zero-order valence-electron chi connectivity index (χ0n) is 20.7. The minimum Gasteiger partial charge on any atom is -0.494 e. The van der Waals surface area contributed by atoms with E-state index in [0.29, 0.717) is 66.7 Å². The Kier molecular flexibility index (Phi) is 6.84. The van der Waals surface area contributed by atoms with Crippen molar-refractivity contribution in [1.82, 2.24) is 9.80 Å². The number of carbonyl (C=O) groups is 1. The quantitative estimate of drug-likeness (QED) is 0.472. The normalized spacial score (nSPS) is 17.9. The summed E-state index contributed by atoms with van der Waals surface area (Å²) in [6.45, 7) is 6.40. The molecule has 0 bridgehead atoms. The number of amides is 1. The fraction of sp³-hybridized carbons (Fsp3) is 0.407. The molecule has 0 spiro atoms. The molecule has 5 rings (SSSR count). The Bertz CT molecular complexity index is 1330. The summed E-state index contributed by atoms with van der Waals surface area (Å²) in [6.07, 6.45) is 0. The summed E-state index contributed by atoms with van der Waals surface area (Å²) in [4.78, 5) is 31.5. The van der Waals surface area contributed by atoms with Crippen molar-refractivity contribution in [2.45, 2.75) is 13.0 Å². The summed E-state index contributed by atoms with van der Waals surface area (Å²) in [7, 11) is 3.13. The standard InChI is InChI=1S/C27H30N2O7/c1-4-35-18-6-7-19-21(16-18)36-26-23(25(19)30)24(17-5-8-20(32-2)22(15-17)33-3)29(27(26)31)10-9-28-11-13-34-14-12-28/h5-8,15-16,24H,4,9-14H2,1-3H3. The fourth-order valence-electron chi connectivity index (χ4n) is 4.93. The van der Waals surface area contributed by atoms with Gasteiger partial charge in [-0.1, -0.05) is 6.07 Å². The molecule has 2 aliphatic rings. The Morgan fingerprint density at radius 3 is 2.47 bits per heavy atom. The predicted molar refractivity (Wildman–Crippen MR) is 133 cm³/mol. The SMILES string of the molecule is CCOc1ccc2c(=O)c3c(oc2c1)C(=O)N(CCN1CCOCC1)C3c1ccc(OC)c(OC)c1. The second kappa shape index (κ2) is 10.2. The average Bonchev–Trinajstić information content (AvgIpc) is 3.19. The minimum atomic E-state index is -0.611. The summed E-state index contributed by atoms with van der Waals surface area (Å²) < 4.78 is 28.0. The summed E-state index contributed by atoms with van der Waals surface area (Å²) in [6, 6.07) is 9.95. The molecule has 3 heterocycles. The third-order valence-corrected chi connectivity index (χ3v) is 6.73. The van der Waals surface area contributed by atoms with Gasteiger partial charge in [0.25, 0.3) is 5.91 Å². The molecule has 1 fully saturated rings. The first-order valence-electron chi connectivity index (χ1n) is 12.1. The molecule has 3 aromatic rings. The maximum atomic E-state index is 13.8. The number of hydrogen-bond donors (Lipinski definition) is 0. The van der Waals surface area contributed by atoms with Crippen molar-refractivity contribution in [2.24, 2.45) is 0 Å². The monoisotopic (exact) mass is 494 g/mol. The summed E-state index contributed by atoms with van der Waals surface area (Å²) in [5, 5.41) is 0.408. The van der Waals surface area contributed by atoms with Crippen LogP contribution in [0.25, 0.3) is 11.0 Å². The average molecular weight is 495 g/mol. The highest BCUT2D eigenvalue weighted by molar-refractivity contribution is 5.99. The van der Waals surface area contributed by atoms with E-state index in [1.165, 1.54) is 0 Å². The van der Waals surface area contributed by atoms with Crippen molar-refractivity contribution in [3.8, 4) is 17.2 Å². The van der Waals surface area contributed by atoms with Crippen LogP contribution >= 0.6 is 0 Å². The van der Waals surface area contributed by atoms with Crippen LogP contribution in [0.5, 0.6) is 17.2 Å². The van der Waals surface area contributed by atoms with Crippen LogP contribution < -0.4 is 19.6 Å². The molecule has 0 radical (unpaired) electrons. The van der Waals surface area contributed by atoms with Gasteiger partial charge >= 0.3 is 0 Å². The lowest BCUT2D eigenvalue weighted by Gasteiger charge is -2.31. The third kappa shape index (κ3) is 4.29. The van der Waals surface area contributed by atoms with E-state index in [-0.39, 0.29) is 17.1 Å². The van der Waals surface area contributed by atoms with Gasteiger partial charge in [-0.05, 0) is 36.8 Å². The molecule has 9 heteroatoms. The first-order chi connectivity index (χ1) is 17.5. The molecular weight excluding hydrogens is 464 g/mol. The van der Waals surface area contributed by atoms with Crippen LogP contribution in [0.1, 0.15) is 34.6 Å². The zero-order chi connectivity index (χ0) is 25.2. The highest BCUT2D eigenvalue weighted by Gasteiger charge is 2.43. The lowest BCUT2D eigenvalue weighted by atomic mass is 9.98. The van der Waals surface area contributed by atoms with Crippen molar-refractivity contribution in [2.75, 3.05) is 60.2 Å². The van der Waals surface area contributed by atoms with Gasteiger partial charge in [0.05, 0.1) is 51.0 Å². The van der Waals surface area contributed by atoms with Gasteiger partial charge in [0.15, 0.2) is 16.9 Å². The van der Waals surface area contributed by atoms with Gasteiger partial charge in [-0.3, -0.25) is 14.5 Å². The van der Waals surface area contributed by atoms with E-state index in [9.17, 15) is 9.59 Å². The van der Waals surface area contributed by atoms with E-state index in [4.69, 9.17) is 23.4 Å². The van der Waals surface area contributed by atoms with Crippen molar-refractivity contribution in [1.29, 1.82) is 0 Å². The lowest BCUT2D eigenvalue weighted by Crippen LogP contribution is -2.42. The van der Waals surface area contributed by atoms with Gasteiger partial charge in [0.2, 0.25) is 5.76 Å². The highest BCUT2D eigenvalue weighted by atomic mass is 16.5. The number of nitrogens with zero attached hydrogens (tertiary/aromatic N) is 2. The molecule has 190 valence electrons. The van der Waals surface area contributed by atoms with Crippen LogP contribution in [-0.2, 0) is 4.74 Å². The number of morpholine rings is 1. The van der Waals surface area contributed by atoms with Gasteiger partial charge in [-0.15, -0.1) is 0 Å². The molecule has 1 atom stereocenters. The number of ether oxygens (including phenoxy) is 4. The first-order valence-corrected chi connectivity index (χ1v) is 12.1. The number of carbonyl (C=O) groups excluding carboxylic acids is 1. The van der Waals surface area contributed by atoms with Gasteiger partial charge in [0, 0.05) is 32.2 Å². The molecule has 0 aliphatic carbocycles. The Morgan fingerprint density at radius 2 is 1.75 bits per heavy atom. The Labute approximate surface area is 209 Å². The largest absolute Gasteiger partial charge is 0.494 e. The van der Waals surface area contributed by atoms with Crippen LogP contribution in [0.2, 0.25) is 0 Å². The van der Waals surface area contributed by atoms with Crippen LogP contribution in [-0.4, -0.2) is 75.9 Å². The van der Waals surface area contributed by atoms with Crippen molar-refractivity contribution in [3.05, 3.63) is 63.5 Å². The van der Waals surface area contributed by atoms with E-state index in [1.807, 2.05) is 19.1 Å². The number of benzene rings is 2. The van der Waals surface area contributed by atoms with Gasteiger partial charge in [-0.25, -0.2) is 0 Å². The summed E-state index contributed by atoms with van der Waals surface area (Å²) in [5.41, 5.74) is 1.20. The van der Waals surface area contributed by atoms with E-state index >= 15 is 0 Å². The molecule has 2 aromatic carbocycles. The van der Waals surface area contributed by atoms with Gasteiger partial charge < -0.3 is 28.3 Å². The smallest absolute Gasteiger partial charge is 0.290 e. The molecule has 0 saturated carbocycles. The molecule has 9 nitrogen and oxygen atoms in total. The summed E-state index contributed by atoms with van der Waals surface area (Å²) >= 11 is 0. The predicted octanol–water partition coefficient (Wildman–Crippen LogP) is 3.09. The third-order valence-electron chi connectivity index (χ3n) is 6.73. The molecular formula is C27H30N2O7. The summed E-state index contributed by atoms with van der Waals surface area (Å²) in [5.74, 6) is 1.44. The Balaban J connectivity index is 1.61. The molecule has 2 aliphatic heterocycles. The van der Waals surface area contributed by atoms with Crippen LogP contribution in [0.4, 0.5) is 0 Å². The van der Waals surface area contributed by atoms with Gasteiger partial charge in [-0.2, -0.15) is 0 Å². The topological polar surface area (TPSA) is 90.7 Å². The van der Waals surface area contributed by atoms with Crippen LogP contribution in [0, 0.1) is 0 Å². The van der Waals surface area contributed by atoms with Crippen molar-refractivity contribution >= 4 is 16.9 Å². The van der Waals surface area contributed by atoms with E-state index in [1.54, 1.807) is 43.4 Å². The molecule has 1 amide bonds. The number of fused-ring (bicyclic) bond motifs is 2. The maximum absolute atomic E-state index is 13.8. The Morgan fingerprint density at radius 1 is 0.972 bits per heavy atom.